The van der Waals surface area contributed by atoms with Crippen LogP contribution in [0.5, 0.6) is 0 Å². The molecule has 0 unspecified atom stereocenters. The Hall–Kier alpha value is -2.57. The number of hydrogen-bond donors (Lipinski definition) is 0. The van der Waals surface area contributed by atoms with E-state index in [1.54, 1.807) is 83.1 Å². The summed E-state index contributed by atoms with van der Waals surface area (Å²) in [5, 5.41) is 1.86. The average molecular weight is 724 g/mol. The Morgan fingerprint density at radius 2 is 1.22 bits per heavy atom. The van der Waals surface area contributed by atoms with Gasteiger partial charge in [0.15, 0.2) is 18.3 Å². The van der Waals surface area contributed by atoms with Crippen molar-refractivity contribution in [1.29, 1.82) is 0 Å². The minimum Gasteiger partial charge on any atom is -0.462 e. The number of fused-ring (bicyclic) bond motifs is 1. The highest BCUT2D eigenvalue weighted by Crippen LogP contribution is 2.42. The monoisotopic (exact) mass is 723 g/mol. The van der Waals surface area contributed by atoms with Crippen LogP contribution in [0, 0.1) is 33.5 Å². The Morgan fingerprint density at radius 1 is 0.725 bits per heavy atom. The van der Waals surface area contributed by atoms with E-state index in [1.165, 1.54) is 0 Å². The third-order valence-electron chi connectivity index (χ3n) is 9.68. The molecule has 0 N–H and O–H groups in total. The predicted molar refractivity (Wildman–Crippen MR) is 189 cm³/mol. The highest BCUT2D eigenvalue weighted by atomic mass is 16.8. The molecule has 2 saturated heterocycles. The van der Waals surface area contributed by atoms with E-state index in [2.05, 4.69) is 6.92 Å². The molecule has 12 heteroatoms. The molecule has 292 valence electrons. The van der Waals surface area contributed by atoms with Crippen LogP contribution < -0.4 is 0 Å². The number of nitrogens with zero attached hydrogens (tertiary/aromatic N) is 1. The fourth-order valence-corrected chi connectivity index (χ4v) is 6.56. The molecule has 51 heavy (non-hydrogen) atoms. The van der Waals surface area contributed by atoms with Crippen molar-refractivity contribution in [3.8, 4) is 0 Å². The molecule has 9 atom stereocenters. The maximum atomic E-state index is 13.7. The van der Waals surface area contributed by atoms with Gasteiger partial charge in [-0.1, -0.05) is 26.7 Å². The lowest BCUT2D eigenvalue weighted by molar-refractivity contribution is -0.386. The highest BCUT2D eigenvalue weighted by Gasteiger charge is 2.57. The van der Waals surface area contributed by atoms with Crippen molar-refractivity contribution in [2.45, 2.75) is 178 Å². The largest absolute Gasteiger partial charge is 0.462 e. The normalized spacial score (nSPS) is 30.9. The van der Waals surface area contributed by atoms with Gasteiger partial charge in [0.2, 0.25) is 6.29 Å². The number of carbonyl (C=O) groups excluding carboxylic acids is 5. The number of ketones is 1. The topological polar surface area (TPSA) is 144 Å². The maximum Gasteiger partial charge on any atom is 0.311 e. The van der Waals surface area contributed by atoms with Gasteiger partial charge in [0.1, 0.15) is 18.5 Å². The minimum atomic E-state index is -1.41. The summed E-state index contributed by atoms with van der Waals surface area (Å²) in [5.41, 5.74) is -3.81. The van der Waals surface area contributed by atoms with E-state index in [1.807, 2.05) is 12.0 Å². The SMILES string of the molecule is CCC[C@H]1CC(=O)[C@H]2[C@H](C)CCC[C@H]2N1O[C@@H]1O[C@H](COC(=O)C(C)(C)C)[C@H](OC(=O)C(C)(C)C)[C@H](OC(=O)C(C)(C)C)[C@H]1OC(=O)C(C)(C)C. The first-order valence-electron chi connectivity index (χ1n) is 18.7. The van der Waals surface area contributed by atoms with Gasteiger partial charge in [0, 0.05) is 24.4 Å². The fraction of sp³-hybridized carbons (Fsp3) is 0.872. The van der Waals surface area contributed by atoms with Crippen LogP contribution in [0.3, 0.4) is 0 Å². The summed E-state index contributed by atoms with van der Waals surface area (Å²) in [4.78, 5) is 74.2. The Bertz CT molecular complexity index is 1270. The van der Waals surface area contributed by atoms with Crippen LogP contribution in [0.15, 0.2) is 0 Å². The summed E-state index contributed by atoms with van der Waals surface area (Å²) in [6.07, 6.45) is -2.44. The van der Waals surface area contributed by atoms with Crippen molar-refractivity contribution < 1.29 is 52.5 Å². The van der Waals surface area contributed by atoms with Gasteiger partial charge in [-0.2, -0.15) is 5.06 Å². The fourth-order valence-electron chi connectivity index (χ4n) is 6.56. The zero-order valence-corrected chi connectivity index (χ0v) is 33.6. The van der Waals surface area contributed by atoms with Gasteiger partial charge in [-0.15, -0.1) is 0 Å². The first-order valence-corrected chi connectivity index (χ1v) is 18.7. The molecule has 0 bridgehead atoms. The quantitative estimate of drug-likeness (QED) is 0.193. The molecule has 0 aromatic heterocycles. The smallest absolute Gasteiger partial charge is 0.311 e. The van der Waals surface area contributed by atoms with Crippen LogP contribution in [0.2, 0.25) is 0 Å². The third kappa shape index (κ3) is 10.7. The third-order valence-corrected chi connectivity index (χ3v) is 9.68. The molecule has 0 aromatic carbocycles. The summed E-state index contributed by atoms with van der Waals surface area (Å²) in [7, 11) is 0. The van der Waals surface area contributed by atoms with Gasteiger partial charge >= 0.3 is 23.9 Å². The van der Waals surface area contributed by atoms with E-state index < -0.39 is 76.2 Å². The van der Waals surface area contributed by atoms with Gasteiger partial charge < -0.3 is 23.7 Å². The van der Waals surface area contributed by atoms with E-state index in [0.29, 0.717) is 12.8 Å². The zero-order valence-electron chi connectivity index (χ0n) is 33.6. The molecule has 2 heterocycles. The summed E-state index contributed by atoms with van der Waals surface area (Å²) in [5.74, 6) is -2.29. The van der Waals surface area contributed by atoms with Gasteiger partial charge in [-0.25, -0.2) is 0 Å². The van der Waals surface area contributed by atoms with Gasteiger partial charge in [0.05, 0.1) is 21.7 Å². The molecule has 12 nitrogen and oxygen atoms in total. The van der Waals surface area contributed by atoms with Crippen molar-refractivity contribution in [2.75, 3.05) is 6.61 Å². The minimum absolute atomic E-state index is 0.151. The standard InChI is InChI=1S/C39H65NO11/c1-15-17-23-20-25(41)27-22(2)18-16-19-24(27)40(23)51-31-30(50-35(45)39(12,13)14)29(49-34(44)38(9,10)11)28(48-33(43)37(6,7)8)26(47-31)21-46-32(42)36(3,4)5/h22-24,26-31H,15-21H2,1-14H3/t22-,23+,24-,26-,27+,28+,29+,30-,31+/m1/s1. The van der Waals surface area contributed by atoms with Crippen LogP contribution in [0.1, 0.15) is 135 Å². The summed E-state index contributed by atoms with van der Waals surface area (Å²) in [6, 6.07) is -0.529. The lowest BCUT2D eigenvalue weighted by Crippen LogP contribution is -2.66. The number of piperidine rings is 1. The van der Waals surface area contributed by atoms with E-state index in [-0.39, 0.29) is 36.3 Å². The van der Waals surface area contributed by atoms with Crippen molar-refractivity contribution >= 4 is 29.7 Å². The van der Waals surface area contributed by atoms with E-state index >= 15 is 0 Å². The number of hydrogen-bond acceptors (Lipinski definition) is 12. The Morgan fingerprint density at radius 3 is 1.71 bits per heavy atom. The second-order valence-corrected chi connectivity index (χ2v) is 18.8. The number of ether oxygens (including phenoxy) is 5. The first kappa shape index (κ1) is 42.8. The van der Waals surface area contributed by atoms with Crippen molar-refractivity contribution in [2.24, 2.45) is 33.5 Å². The van der Waals surface area contributed by atoms with E-state index in [0.717, 1.165) is 25.7 Å². The molecule has 0 amide bonds. The molecule has 2 aliphatic heterocycles. The molecule has 0 radical (unpaired) electrons. The highest BCUT2D eigenvalue weighted by molar-refractivity contribution is 5.83. The molecular formula is C39H65NO11. The summed E-state index contributed by atoms with van der Waals surface area (Å²) >= 11 is 0. The van der Waals surface area contributed by atoms with Gasteiger partial charge in [-0.05, 0) is 108 Å². The molecule has 0 aromatic rings. The van der Waals surface area contributed by atoms with Crippen molar-refractivity contribution in [3.05, 3.63) is 0 Å². The molecule has 1 aliphatic carbocycles. The summed E-state index contributed by atoms with van der Waals surface area (Å²) in [6.45, 7) is 24.1. The molecule has 3 aliphatic rings. The van der Waals surface area contributed by atoms with E-state index in [9.17, 15) is 24.0 Å². The number of rotatable bonds is 9. The zero-order chi connectivity index (χ0) is 38.9. The average Bonchev–Trinajstić information content (AvgIpc) is 2.98. The first-order chi connectivity index (χ1) is 23.3. The predicted octanol–water partition coefficient (Wildman–Crippen LogP) is 6.35. The van der Waals surface area contributed by atoms with Gasteiger partial charge in [0.25, 0.3) is 0 Å². The lowest BCUT2D eigenvalue weighted by Gasteiger charge is -2.52. The van der Waals surface area contributed by atoms with Crippen molar-refractivity contribution in [1.82, 2.24) is 5.06 Å². The molecule has 1 saturated carbocycles. The molecular weight excluding hydrogens is 658 g/mol. The van der Waals surface area contributed by atoms with E-state index in [4.69, 9.17) is 28.5 Å². The second-order valence-electron chi connectivity index (χ2n) is 18.8. The number of Topliss-reactive ketones (excluding diaryl/α,β-unsaturated/α-hetero) is 1. The van der Waals surface area contributed by atoms with Crippen LogP contribution >= 0.6 is 0 Å². The second kappa shape index (κ2) is 16.2. The summed E-state index contributed by atoms with van der Waals surface area (Å²) < 4.78 is 30.8. The van der Waals surface area contributed by atoms with Crippen LogP contribution in [-0.2, 0) is 52.5 Å². The van der Waals surface area contributed by atoms with Crippen LogP contribution in [-0.4, -0.2) is 84.1 Å². The number of hydroxylamine groups is 2. The lowest BCUT2D eigenvalue weighted by atomic mass is 9.70. The van der Waals surface area contributed by atoms with Crippen LogP contribution in [0.4, 0.5) is 0 Å². The van der Waals surface area contributed by atoms with Crippen molar-refractivity contribution in [3.63, 3.8) is 0 Å². The Labute approximate surface area is 305 Å². The molecule has 3 rings (SSSR count). The number of carbonyl (C=O) groups is 5. The Kier molecular flexibility index (Phi) is 13.6. The molecule has 3 fully saturated rings. The Balaban J connectivity index is 2.21. The maximum absolute atomic E-state index is 13.7. The van der Waals surface area contributed by atoms with Crippen LogP contribution in [0.25, 0.3) is 0 Å². The molecule has 0 spiro atoms. The number of esters is 4. The van der Waals surface area contributed by atoms with Gasteiger partial charge in [-0.3, -0.25) is 28.8 Å².